The number of hydrogen-bond acceptors (Lipinski definition) is 4. The second-order valence-electron chi connectivity index (χ2n) is 18.7. The predicted octanol–water partition coefficient (Wildman–Crippen LogP) is 18.5. The van der Waals surface area contributed by atoms with Crippen molar-refractivity contribution in [2.75, 3.05) is 14.2 Å². The molecule has 4 heteroatoms. The number of benzene rings is 1. The number of allylic oxidation sites excluding steroid dienone is 20. The first kappa shape index (κ1) is 56.8. The molecule has 0 amide bonds. The number of rotatable bonds is 31. The minimum absolute atomic E-state index is 0.00634. The van der Waals surface area contributed by atoms with Crippen LogP contribution in [-0.2, 0) is 6.42 Å². The van der Waals surface area contributed by atoms with Gasteiger partial charge in [-0.2, -0.15) is 0 Å². The van der Waals surface area contributed by atoms with Gasteiger partial charge in [-0.1, -0.05) is 116 Å². The lowest BCUT2D eigenvalue weighted by molar-refractivity contribution is 0.314. The molecule has 0 fully saturated rings. The van der Waals surface area contributed by atoms with Gasteiger partial charge in [-0.05, 0) is 205 Å². The largest absolute Gasteiger partial charge is 0.504 e. The van der Waals surface area contributed by atoms with Gasteiger partial charge in [0.15, 0.2) is 11.5 Å². The standard InChI is InChI=1S/C59H92O4/c1-44(2)24-15-25-45(3)26-16-27-46(4)28-17-29-47(5)30-18-31-48(6)32-19-33-49(7)34-20-35-50(8)36-21-37-51(9)38-22-39-52(10)40-23-41-53(11)42-43-55-54(12)56(60)58(62-13)59(63-14)57(55)61/h24,26,28,30,32,34,36,38,40,42,60-61H,15-23,25,27,29,31,33,35,37,39,41,43H2,1-14H3. The first-order valence-corrected chi connectivity index (χ1v) is 24.2. The van der Waals surface area contributed by atoms with Crippen molar-refractivity contribution in [1.82, 2.24) is 0 Å². The molecule has 1 aromatic rings. The van der Waals surface area contributed by atoms with Crippen LogP contribution in [0.1, 0.15) is 203 Å². The molecular weight excluding hydrogens is 773 g/mol. The zero-order valence-corrected chi connectivity index (χ0v) is 42.9. The van der Waals surface area contributed by atoms with E-state index in [2.05, 4.69) is 137 Å². The van der Waals surface area contributed by atoms with Gasteiger partial charge in [0.1, 0.15) is 0 Å². The van der Waals surface area contributed by atoms with Crippen LogP contribution in [0.2, 0.25) is 0 Å². The van der Waals surface area contributed by atoms with Crippen molar-refractivity contribution in [3.8, 4) is 23.0 Å². The molecule has 0 aliphatic heterocycles. The molecule has 0 radical (unpaired) electrons. The van der Waals surface area contributed by atoms with E-state index in [1.165, 1.54) is 89.2 Å². The van der Waals surface area contributed by atoms with Gasteiger partial charge >= 0.3 is 0 Å². The number of aromatic hydroxyl groups is 2. The lowest BCUT2D eigenvalue weighted by atomic mass is 9.99. The van der Waals surface area contributed by atoms with Gasteiger partial charge in [-0.15, -0.1) is 0 Å². The molecule has 0 unspecified atom stereocenters. The quantitative estimate of drug-likeness (QED) is 0.0577. The van der Waals surface area contributed by atoms with Gasteiger partial charge in [0.25, 0.3) is 0 Å². The Kier molecular flexibility index (Phi) is 30.1. The molecule has 0 aliphatic rings. The minimum atomic E-state index is 0.00634. The molecule has 1 aromatic carbocycles. The van der Waals surface area contributed by atoms with Gasteiger partial charge in [0, 0.05) is 11.1 Å². The smallest absolute Gasteiger partial charge is 0.207 e. The minimum Gasteiger partial charge on any atom is -0.504 e. The highest BCUT2D eigenvalue weighted by Gasteiger charge is 2.22. The van der Waals surface area contributed by atoms with Crippen molar-refractivity contribution in [1.29, 1.82) is 0 Å². The van der Waals surface area contributed by atoms with Gasteiger partial charge in [0.2, 0.25) is 11.5 Å². The van der Waals surface area contributed by atoms with E-state index >= 15 is 0 Å². The molecule has 0 saturated heterocycles. The SMILES string of the molecule is COc1c(O)c(C)c(CC=C(C)CCC=C(C)CCC=C(C)CCC=C(C)CCC=C(C)CCC=C(C)CCC=C(C)CCC=C(C)CCC=C(C)CCC=C(C)C)c(O)c1OC. The number of ether oxygens (including phenoxy) is 2. The van der Waals surface area contributed by atoms with Crippen LogP contribution in [-0.4, -0.2) is 24.4 Å². The maximum absolute atomic E-state index is 10.7. The Morgan fingerprint density at radius 3 is 0.810 bits per heavy atom. The molecule has 63 heavy (non-hydrogen) atoms. The third-order valence-electron chi connectivity index (χ3n) is 12.1. The Labute approximate surface area is 388 Å². The average molecular weight is 865 g/mol. The number of phenolic OH excluding ortho intramolecular Hbond substituents is 2. The molecule has 0 heterocycles. The van der Waals surface area contributed by atoms with Gasteiger partial charge < -0.3 is 19.7 Å². The summed E-state index contributed by atoms with van der Waals surface area (Å²) in [6.45, 7) is 26.5. The van der Waals surface area contributed by atoms with Crippen LogP contribution in [0, 0.1) is 6.92 Å². The van der Waals surface area contributed by atoms with E-state index in [1.807, 2.05) is 0 Å². The topological polar surface area (TPSA) is 58.9 Å². The lowest BCUT2D eigenvalue weighted by Crippen LogP contribution is -1.98. The highest BCUT2D eigenvalue weighted by molar-refractivity contribution is 5.66. The maximum atomic E-state index is 10.7. The highest BCUT2D eigenvalue weighted by Crippen LogP contribution is 2.48. The first-order valence-electron chi connectivity index (χ1n) is 24.2. The number of phenols is 2. The fourth-order valence-corrected chi connectivity index (χ4v) is 7.62. The van der Waals surface area contributed by atoms with Crippen molar-refractivity contribution in [2.24, 2.45) is 0 Å². The Hall–Kier alpha value is -4.18. The van der Waals surface area contributed by atoms with Crippen LogP contribution in [0.3, 0.4) is 0 Å². The molecule has 0 bridgehead atoms. The molecule has 0 aromatic heterocycles. The van der Waals surface area contributed by atoms with Crippen molar-refractivity contribution in [3.05, 3.63) is 128 Å². The van der Waals surface area contributed by atoms with Crippen molar-refractivity contribution >= 4 is 0 Å². The zero-order chi connectivity index (χ0) is 47.2. The maximum Gasteiger partial charge on any atom is 0.207 e. The molecule has 352 valence electrons. The summed E-state index contributed by atoms with van der Waals surface area (Å²) < 4.78 is 10.5. The van der Waals surface area contributed by atoms with Gasteiger partial charge in [0.05, 0.1) is 14.2 Å². The van der Waals surface area contributed by atoms with Crippen LogP contribution in [0.15, 0.2) is 116 Å². The molecule has 1 rings (SSSR count). The van der Waals surface area contributed by atoms with Gasteiger partial charge in [-0.25, -0.2) is 0 Å². The fraction of sp³-hybridized carbons (Fsp3) is 0.559. The van der Waals surface area contributed by atoms with E-state index in [9.17, 15) is 10.2 Å². The molecule has 0 saturated carbocycles. The molecule has 0 spiro atoms. The summed E-state index contributed by atoms with van der Waals surface area (Å²) in [7, 11) is 2.91. The van der Waals surface area contributed by atoms with Crippen molar-refractivity contribution < 1.29 is 19.7 Å². The molecule has 0 aliphatic carbocycles. The monoisotopic (exact) mass is 865 g/mol. The summed E-state index contributed by atoms with van der Waals surface area (Å²) in [5, 5.41) is 21.3. The summed E-state index contributed by atoms with van der Waals surface area (Å²) in [6.07, 6.45) is 44.6. The summed E-state index contributed by atoms with van der Waals surface area (Å²) >= 11 is 0. The van der Waals surface area contributed by atoms with E-state index < -0.39 is 0 Å². The Morgan fingerprint density at radius 2 is 0.571 bits per heavy atom. The van der Waals surface area contributed by atoms with Crippen LogP contribution < -0.4 is 9.47 Å². The summed E-state index contributed by atoms with van der Waals surface area (Å²) in [5.74, 6) is 0.356. The molecular formula is C59H92O4. The van der Waals surface area contributed by atoms with E-state index in [0.717, 1.165) is 96.3 Å². The third-order valence-corrected chi connectivity index (χ3v) is 12.1. The Bertz CT molecular complexity index is 1840. The summed E-state index contributed by atoms with van der Waals surface area (Å²) in [5.41, 5.74) is 15.9. The predicted molar refractivity (Wildman–Crippen MR) is 278 cm³/mol. The average Bonchev–Trinajstić information content (AvgIpc) is 3.21. The Balaban J connectivity index is 2.32. The van der Waals surface area contributed by atoms with Crippen molar-refractivity contribution in [2.45, 2.75) is 205 Å². The van der Waals surface area contributed by atoms with E-state index in [1.54, 1.807) is 6.92 Å². The Morgan fingerprint density at radius 1 is 0.349 bits per heavy atom. The normalized spacial score (nSPS) is 14.2. The summed E-state index contributed by atoms with van der Waals surface area (Å²) in [4.78, 5) is 0. The zero-order valence-electron chi connectivity index (χ0n) is 42.9. The fourth-order valence-electron chi connectivity index (χ4n) is 7.62. The molecule has 4 nitrogen and oxygen atoms in total. The molecule has 2 N–H and O–H groups in total. The lowest BCUT2D eigenvalue weighted by Gasteiger charge is -2.17. The second-order valence-corrected chi connectivity index (χ2v) is 18.7. The van der Waals surface area contributed by atoms with E-state index in [0.29, 0.717) is 17.5 Å². The number of methoxy groups -OCH3 is 2. The molecule has 0 atom stereocenters. The van der Waals surface area contributed by atoms with Crippen LogP contribution in [0.5, 0.6) is 23.0 Å². The van der Waals surface area contributed by atoms with E-state index in [-0.39, 0.29) is 23.0 Å². The van der Waals surface area contributed by atoms with Crippen LogP contribution in [0.25, 0.3) is 0 Å². The van der Waals surface area contributed by atoms with Crippen LogP contribution in [0.4, 0.5) is 0 Å². The van der Waals surface area contributed by atoms with Crippen molar-refractivity contribution in [3.63, 3.8) is 0 Å². The van der Waals surface area contributed by atoms with Crippen LogP contribution >= 0.6 is 0 Å². The number of hydrogen-bond donors (Lipinski definition) is 2. The highest BCUT2D eigenvalue weighted by atomic mass is 16.5. The first-order chi connectivity index (χ1) is 30.0. The summed E-state index contributed by atoms with van der Waals surface area (Å²) in [6, 6.07) is 0. The second kappa shape index (κ2) is 33.3. The van der Waals surface area contributed by atoms with Gasteiger partial charge in [-0.3, -0.25) is 0 Å². The van der Waals surface area contributed by atoms with E-state index in [4.69, 9.17) is 9.47 Å². The third kappa shape index (κ3) is 26.3.